The summed E-state index contributed by atoms with van der Waals surface area (Å²) in [7, 11) is 0. The number of carboxylic acid groups (broad SMARTS) is 2. The number of nitrogens with one attached hydrogen (secondary N) is 2. The molecule has 4 N–H and O–H groups in total. The Bertz CT molecular complexity index is 1230. The Kier molecular flexibility index (Phi) is 9.46. The van der Waals surface area contributed by atoms with Gasteiger partial charge in [-0.15, -0.1) is 11.8 Å². The summed E-state index contributed by atoms with van der Waals surface area (Å²) in [6.07, 6.45) is -0.644. The Labute approximate surface area is 226 Å². The molecule has 1 aromatic rings. The molecule has 1 aromatic carbocycles. The van der Waals surface area contributed by atoms with E-state index < -0.39 is 76.2 Å². The quantitative estimate of drug-likeness (QED) is 0.159. The molecule has 2 unspecified atom stereocenters. The lowest BCUT2D eigenvalue weighted by molar-refractivity contribution is -0.152. The van der Waals surface area contributed by atoms with Gasteiger partial charge < -0.3 is 25.6 Å². The predicted molar refractivity (Wildman–Crippen MR) is 135 cm³/mol. The average molecular weight is 562 g/mol. The number of amides is 3. The summed E-state index contributed by atoms with van der Waals surface area (Å²) in [5.41, 5.74) is -0.239. The molecule has 208 valence electrons. The van der Waals surface area contributed by atoms with Crippen molar-refractivity contribution in [2.75, 3.05) is 0 Å². The van der Waals surface area contributed by atoms with Crippen LogP contribution in [0.25, 0.3) is 0 Å². The minimum Gasteiger partial charge on any atom is -0.480 e. The van der Waals surface area contributed by atoms with Crippen LogP contribution in [0.4, 0.5) is 0 Å². The van der Waals surface area contributed by atoms with Crippen molar-refractivity contribution >= 4 is 53.2 Å². The zero-order valence-electron chi connectivity index (χ0n) is 21.0. The number of ketones is 1. The molecule has 1 fully saturated rings. The van der Waals surface area contributed by atoms with Crippen molar-refractivity contribution in [3.05, 3.63) is 47.4 Å². The molecule has 2 heterocycles. The largest absolute Gasteiger partial charge is 0.480 e. The monoisotopic (exact) mass is 561 g/mol. The fraction of sp³-hybridized carbons (Fsp3) is 0.400. The van der Waals surface area contributed by atoms with Crippen molar-refractivity contribution in [1.82, 2.24) is 15.5 Å². The number of β-lactam (4-membered cyclic amide) rings is 1. The van der Waals surface area contributed by atoms with Gasteiger partial charge in [0.05, 0.1) is 5.25 Å². The average Bonchev–Trinajstić information content (AvgIpc) is 2.87. The van der Waals surface area contributed by atoms with E-state index in [-0.39, 0.29) is 25.0 Å². The molecule has 3 amide bonds. The van der Waals surface area contributed by atoms with Crippen molar-refractivity contribution in [3.8, 4) is 0 Å². The number of rotatable bonds is 12. The van der Waals surface area contributed by atoms with Crippen LogP contribution in [0.2, 0.25) is 0 Å². The van der Waals surface area contributed by atoms with Crippen LogP contribution in [0.3, 0.4) is 0 Å². The van der Waals surface area contributed by atoms with Gasteiger partial charge in [-0.2, -0.15) is 0 Å². The summed E-state index contributed by atoms with van der Waals surface area (Å²) in [6.45, 7) is 2.75. The normalized spacial score (nSPS) is 20.7. The number of esters is 1. The van der Waals surface area contributed by atoms with E-state index in [1.165, 1.54) is 19.1 Å². The number of nitrogens with zero attached hydrogens (tertiary/aromatic N) is 1. The maximum absolute atomic E-state index is 12.8. The molecule has 2 aliphatic heterocycles. The number of benzene rings is 1. The van der Waals surface area contributed by atoms with Gasteiger partial charge in [-0.25, -0.2) is 9.59 Å². The number of fused-ring (bicyclic) bond motifs is 1. The van der Waals surface area contributed by atoms with E-state index in [1.807, 2.05) is 0 Å². The van der Waals surface area contributed by atoms with Crippen molar-refractivity contribution in [1.29, 1.82) is 0 Å². The Hall–Kier alpha value is -4.20. The van der Waals surface area contributed by atoms with Gasteiger partial charge in [0.1, 0.15) is 29.7 Å². The molecule has 13 nitrogen and oxygen atoms in total. The molecule has 39 heavy (non-hydrogen) atoms. The van der Waals surface area contributed by atoms with Crippen molar-refractivity contribution in [2.24, 2.45) is 0 Å². The Morgan fingerprint density at radius 1 is 1.10 bits per heavy atom. The van der Waals surface area contributed by atoms with E-state index in [1.54, 1.807) is 25.1 Å². The number of thioether (sulfide) groups is 1. The van der Waals surface area contributed by atoms with E-state index in [0.717, 1.165) is 16.7 Å². The first kappa shape index (κ1) is 29.4. The highest BCUT2D eigenvalue weighted by molar-refractivity contribution is 8.00. The van der Waals surface area contributed by atoms with Gasteiger partial charge in [-0.3, -0.25) is 28.9 Å². The van der Waals surface area contributed by atoms with Crippen molar-refractivity contribution in [2.45, 2.75) is 62.2 Å². The summed E-state index contributed by atoms with van der Waals surface area (Å²) >= 11 is 1.10. The first-order valence-corrected chi connectivity index (χ1v) is 12.9. The Balaban J connectivity index is 1.57. The van der Waals surface area contributed by atoms with E-state index >= 15 is 0 Å². The van der Waals surface area contributed by atoms with Gasteiger partial charge >= 0.3 is 17.9 Å². The maximum atomic E-state index is 12.8. The second-order valence-electron chi connectivity index (χ2n) is 8.92. The van der Waals surface area contributed by atoms with E-state index in [9.17, 15) is 43.8 Å². The topological polar surface area (TPSA) is 196 Å². The highest BCUT2D eigenvalue weighted by Gasteiger charge is 2.56. The molecular weight excluding hydrogens is 534 g/mol. The van der Waals surface area contributed by atoms with Crippen LogP contribution in [-0.2, 0) is 33.5 Å². The SMILES string of the molecule is CC(=O)CC(=O)OC1=C(C(=O)O)N2C(=O)C(NC(=O)CCC[C@@H](NC(=O)c3ccccc3)C(=O)O)[C@H]2SC1C. The van der Waals surface area contributed by atoms with E-state index in [2.05, 4.69) is 10.6 Å². The lowest BCUT2D eigenvalue weighted by Crippen LogP contribution is -2.71. The van der Waals surface area contributed by atoms with Crippen molar-refractivity contribution in [3.63, 3.8) is 0 Å². The molecule has 14 heteroatoms. The zero-order valence-corrected chi connectivity index (χ0v) is 21.9. The van der Waals surface area contributed by atoms with Crippen LogP contribution < -0.4 is 10.6 Å². The van der Waals surface area contributed by atoms with Gasteiger partial charge in [-0.1, -0.05) is 18.2 Å². The van der Waals surface area contributed by atoms with Crippen LogP contribution in [0, 0.1) is 0 Å². The lowest BCUT2D eigenvalue weighted by atomic mass is 10.0. The molecule has 0 aliphatic carbocycles. The minimum absolute atomic E-state index is 0.0395. The maximum Gasteiger partial charge on any atom is 0.356 e. The van der Waals surface area contributed by atoms with Crippen LogP contribution in [-0.4, -0.2) is 79.2 Å². The number of ether oxygens (including phenoxy) is 1. The van der Waals surface area contributed by atoms with Crippen LogP contribution >= 0.6 is 11.8 Å². The van der Waals surface area contributed by atoms with Gasteiger partial charge in [0, 0.05) is 12.0 Å². The number of carbonyl (C=O) groups excluding carboxylic acids is 5. The molecule has 2 aliphatic rings. The second-order valence-corrected chi connectivity index (χ2v) is 10.4. The minimum atomic E-state index is -1.51. The summed E-state index contributed by atoms with van der Waals surface area (Å²) < 4.78 is 5.12. The van der Waals surface area contributed by atoms with Gasteiger partial charge in [0.15, 0.2) is 11.5 Å². The number of hydrogen-bond donors (Lipinski definition) is 4. The second kappa shape index (κ2) is 12.6. The number of carbonyl (C=O) groups is 7. The lowest BCUT2D eigenvalue weighted by Gasteiger charge is -2.50. The molecule has 0 radical (unpaired) electrons. The molecule has 1 saturated heterocycles. The highest BCUT2D eigenvalue weighted by atomic mass is 32.2. The predicted octanol–water partition coefficient (Wildman–Crippen LogP) is 0.647. The third-order valence-electron chi connectivity index (χ3n) is 5.90. The first-order valence-electron chi connectivity index (χ1n) is 11.9. The highest BCUT2D eigenvalue weighted by Crippen LogP contribution is 2.44. The van der Waals surface area contributed by atoms with Crippen LogP contribution in [0.1, 0.15) is 49.9 Å². The molecule has 3 rings (SSSR count). The number of aliphatic carboxylic acids is 2. The van der Waals surface area contributed by atoms with Crippen molar-refractivity contribution < 1.29 is 48.5 Å². The number of carboxylic acids is 2. The standard InChI is InChI=1S/C25H27N3O10S/c1-12(29)11-17(31)38-20-13(2)39-23-18(22(33)28(23)19(20)25(36)37)27-16(30)10-6-9-15(24(34)35)26-21(32)14-7-4-3-5-8-14/h3-5,7-8,13,15,18,23H,6,9-11H2,1-2H3,(H,26,32)(H,27,30)(H,34,35)(H,36,37)/t13?,15-,18?,23-/m1/s1. The smallest absolute Gasteiger partial charge is 0.356 e. The van der Waals surface area contributed by atoms with Gasteiger partial charge in [0.25, 0.3) is 11.8 Å². The van der Waals surface area contributed by atoms with Crippen LogP contribution in [0.5, 0.6) is 0 Å². The molecular formula is C25H27N3O10S. The van der Waals surface area contributed by atoms with E-state index in [0.29, 0.717) is 5.56 Å². The third-order valence-corrected chi connectivity index (χ3v) is 7.29. The summed E-state index contributed by atoms with van der Waals surface area (Å²) in [6, 6.07) is 5.80. The summed E-state index contributed by atoms with van der Waals surface area (Å²) in [5.74, 6) is -6.28. The van der Waals surface area contributed by atoms with Gasteiger partial charge in [-0.05, 0) is 38.8 Å². The molecule has 0 saturated carbocycles. The fourth-order valence-electron chi connectivity index (χ4n) is 4.06. The summed E-state index contributed by atoms with van der Waals surface area (Å²) in [4.78, 5) is 85.1. The zero-order chi connectivity index (χ0) is 28.9. The molecule has 0 spiro atoms. The summed E-state index contributed by atoms with van der Waals surface area (Å²) in [5, 5.41) is 22.6. The first-order chi connectivity index (χ1) is 18.4. The van der Waals surface area contributed by atoms with E-state index in [4.69, 9.17) is 4.74 Å². The third kappa shape index (κ3) is 7.02. The Morgan fingerprint density at radius 2 is 1.77 bits per heavy atom. The Morgan fingerprint density at radius 3 is 2.36 bits per heavy atom. The number of Topliss-reactive ketones (excluding diaryl/α,β-unsaturated/α-hetero) is 1. The molecule has 4 atom stereocenters. The fourth-order valence-corrected chi connectivity index (χ4v) is 5.43. The van der Waals surface area contributed by atoms with Gasteiger partial charge in [0.2, 0.25) is 5.91 Å². The van der Waals surface area contributed by atoms with Crippen LogP contribution in [0.15, 0.2) is 41.8 Å². The molecule has 0 aromatic heterocycles. The number of hydrogen-bond acceptors (Lipinski definition) is 9. The molecule has 0 bridgehead atoms.